The Labute approximate surface area is 238 Å². The van der Waals surface area contributed by atoms with Gasteiger partial charge in [0, 0.05) is 37.0 Å². The molecule has 0 fully saturated rings. The number of carboxylic acid groups (broad SMARTS) is 2. The van der Waals surface area contributed by atoms with Crippen LogP contribution in [0.15, 0.2) is 23.1 Å². The lowest BCUT2D eigenvalue weighted by molar-refractivity contribution is -0.145. The van der Waals surface area contributed by atoms with Crippen LogP contribution < -0.4 is 10.9 Å². The second-order valence-corrected chi connectivity index (χ2v) is 10.5. The number of aromatic amines is 1. The zero-order valence-electron chi connectivity index (χ0n) is 28.2. The molecule has 40 heavy (non-hydrogen) atoms. The molecule has 0 aliphatic heterocycles. The van der Waals surface area contributed by atoms with E-state index in [1.54, 1.807) is 34.1 Å². The summed E-state index contributed by atoms with van der Waals surface area (Å²) >= 11 is 0. The molecule has 11 nitrogen and oxygen atoms in total. The van der Waals surface area contributed by atoms with Gasteiger partial charge < -0.3 is 25.4 Å². The van der Waals surface area contributed by atoms with E-state index in [0.717, 1.165) is 18.2 Å². The molecule has 4 N–H and O–H groups in total. The standard InChI is InChI=1S/C29H39N5O6/c1-14-10-18(25(37)33(8)23(27(39)40)16(3)12-20(35)36)11-15(2)21(14)17(4)29(5,6)19-13-31-24-22(19)26(38)34(9)28(30-7)32-24/h10-11,13,16-17,23,31H,12H2,1-9H3,(H,30,32)(H,35,36)(H,39,40)/t16?,17?,23-/m0/s1/i12D2,16D,23D. The fourth-order valence-electron chi connectivity index (χ4n) is 5.34. The second kappa shape index (κ2) is 11.1. The largest absolute Gasteiger partial charge is 0.481 e. The van der Waals surface area contributed by atoms with E-state index in [0.29, 0.717) is 39.9 Å². The van der Waals surface area contributed by atoms with E-state index >= 15 is 0 Å². The number of nitrogens with zero attached hydrogens (tertiary/aromatic N) is 3. The molecule has 0 saturated heterocycles. The number of rotatable bonds is 10. The van der Waals surface area contributed by atoms with E-state index in [-0.39, 0.29) is 17.0 Å². The number of likely N-dealkylation sites (N-methyl/N-ethyl adjacent to an activating group) is 1. The van der Waals surface area contributed by atoms with E-state index in [9.17, 15) is 29.4 Å². The third-order valence-electron chi connectivity index (χ3n) is 7.68. The van der Waals surface area contributed by atoms with Crippen molar-refractivity contribution < 1.29 is 30.1 Å². The molecule has 0 aliphatic carbocycles. The number of carbonyl (C=O) groups excluding carboxylic acids is 1. The summed E-state index contributed by atoms with van der Waals surface area (Å²) in [6, 6.07) is -0.291. The lowest BCUT2D eigenvalue weighted by Gasteiger charge is -2.34. The normalized spacial score (nSPS) is 17.4. The highest BCUT2D eigenvalue weighted by atomic mass is 16.4. The van der Waals surface area contributed by atoms with Crippen molar-refractivity contribution in [2.75, 3.05) is 19.4 Å². The number of hydrogen-bond donors (Lipinski definition) is 4. The monoisotopic (exact) mass is 557 g/mol. The molecule has 11 heteroatoms. The number of hydrogen-bond acceptors (Lipinski definition) is 6. The van der Waals surface area contributed by atoms with Crippen molar-refractivity contribution in [3.8, 4) is 0 Å². The van der Waals surface area contributed by atoms with Gasteiger partial charge in [0.25, 0.3) is 11.5 Å². The summed E-state index contributed by atoms with van der Waals surface area (Å²) in [5, 5.41) is 22.6. The highest BCUT2D eigenvalue weighted by Gasteiger charge is 2.36. The van der Waals surface area contributed by atoms with Crippen LogP contribution in [0.3, 0.4) is 0 Å². The summed E-state index contributed by atoms with van der Waals surface area (Å²) in [6.45, 7) is 10.2. The summed E-state index contributed by atoms with van der Waals surface area (Å²) in [7, 11) is 4.24. The number of aliphatic carboxylic acids is 2. The van der Waals surface area contributed by atoms with Gasteiger partial charge in [0.15, 0.2) is 0 Å². The third kappa shape index (κ3) is 5.32. The molecule has 1 amide bonds. The molecule has 0 aliphatic rings. The van der Waals surface area contributed by atoms with E-state index in [2.05, 4.69) is 15.3 Å². The topological polar surface area (TPSA) is 158 Å². The Hall–Kier alpha value is -4.15. The van der Waals surface area contributed by atoms with Crippen molar-refractivity contribution >= 4 is 34.8 Å². The van der Waals surface area contributed by atoms with Crippen molar-refractivity contribution in [2.45, 2.75) is 65.3 Å². The molecule has 0 saturated carbocycles. The highest BCUT2D eigenvalue weighted by Crippen LogP contribution is 2.43. The molecule has 3 atom stereocenters. The SMILES string of the molecule is [2H]C([2H])(C(=O)O)C([2H])(C)[C@@]([2H])(C(=O)O)N(C)C(=O)c1cc(C)c(C(C)C(C)(C)c2c[nH]c3nc(NC)n(C)c(=O)c23)c(C)c1. The van der Waals surface area contributed by atoms with Crippen molar-refractivity contribution in [3.63, 3.8) is 0 Å². The lowest BCUT2D eigenvalue weighted by atomic mass is 9.69. The maximum Gasteiger partial charge on any atom is 0.326 e. The van der Waals surface area contributed by atoms with Crippen LogP contribution in [0.5, 0.6) is 0 Å². The lowest BCUT2D eigenvalue weighted by Crippen LogP contribution is -2.47. The van der Waals surface area contributed by atoms with Crippen LogP contribution in [-0.4, -0.2) is 67.6 Å². The molecule has 0 radical (unpaired) electrons. The van der Waals surface area contributed by atoms with Gasteiger partial charge in [-0.3, -0.25) is 19.0 Å². The Kier molecular flexibility index (Phi) is 6.93. The van der Waals surface area contributed by atoms with Crippen LogP contribution in [0, 0.1) is 19.7 Å². The van der Waals surface area contributed by atoms with Crippen LogP contribution in [0.4, 0.5) is 5.95 Å². The third-order valence-corrected chi connectivity index (χ3v) is 7.68. The van der Waals surface area contributed by atoms with Gasteiger partial charge in [0.05, 0.1) is 13.1 Å². The van der Waals surface area contributed by atoms with Crippen LogP contribution in [0.2, 0.25) is 0 Å². The predicted molar refractivity (Wildman–Crippen MR) is 153 cm³/mol. The number of carbonyl (C=O) groups is 3. The van der Waals surface area contributed by atoms with Crippen LogP contribution in [0.1, 0.15) is 78.1 Å². The number of carboxylic acids is 2. The van der Waals surface area contributed by atoms with Crippen molar-refractivity contribution in [2.24, 2.45) is 12.9 Å². The Bertz CT molecular complexity index is 1710. The molecule has 216 valence electrons. The zero-order chi connectivity index (χ0) is 33.9. The van der Waals surface area contributed by atoms with E-state index in [4.69, 9.17) is 5.48 Å². The first-order valence-electron chi connectivity index (χ1n) is 14.6. The van der Waals surface area contributed by atoms with Crippen LogP contribution in [0.25, 0.3) is 11.0 Å². The number of aromatic nitrogens is 3. The average molecular weight is 558 g/mol. The van der Waals surface area contributed by atoms with Crippen LogP contribution in [-0.2, 0) is 22.1 Å². The maximum absolute atomic E-state index is 13.6. The molecule has 2 unspecified atom stereocenters. The molecule has 2 aromatic heterocycles. The summed E-state index contributed by atoms with van der Waals surface area (Å²) in [6.07, 6.45) is -1.73. The zero-order valence-corrected chi connectivity index (χ0v) is 24.2. The number of benzene rings is 1. The Balaban J connectivity index is 2.10. The van der Waals surface area contributed by atoms with Crippen molar-refractivity contribution in [3.05, 3.63) is 56.5 Å². The minimum absolute atomic E-state index is 0.0226. The smallest absolute Gasteiger partial charge is 0.326 e. The summed E-state index contributed by atoms with van der Waals surface area (Å²) in [5.74, 6) is -8.12. The summed E-state index contributed by atoms with van der Waals surface area (Å²) in [5.41, 5.74) is 2.50. The van der Waals surface area contributed by atoms with E-state index < -0.39 is 41.5 Å². The van der Waals surface area contributed by atoms with E-state index in [1.165, 1.54) is 16.7 Å². The van der Waals surface area contributed by atoms with Gasteiger partial charge in [-0.05, 0) is 65.5 Å². The van der Waals surface area contributed by atoms with Gasteiger partial charge in [0.1, 0.15) is 11.7 Å². The Morgan fingerprint density at radius 3 is 2.30 bits per heavy atom. The molecule has 0 bridgehead atoms. The number of amides is 1. The van der Waals surface area contributed by atoms with Gasteiger partial charge in [-0.2, -0.15) is 4.98 Å². The molecular formula is C29H39N5O6. The highest BCUT2D eigenvalue weighted by molar-refractivity contribution is 5.97. The number of anilines is 1. The van der Waals surface area contributed by atoms with Gasteiger partial charge in [0.2, 0.25) is 5.95 Å². The minimum atomic E-state index is -3.49. The first kappa shape index (κ1) is 24.9. The molecular weight excluding hydrogens is 514 g/mol. The first-order valence-corrected chi connectivity index (χ1v) is 12.6. The van der Waals surface area contributed by atoms with Crippen molar-refractivity contribution in [1.82, 2.24) is 19.4 Å². The summed E-state index contributed by atoms with van der Waals surface area (Å²) < 4.78 is 34.1. The van der Waals surface area contributed by atoms with Crippen LogP contribution >= 0.6 is 0 Å². The Morgan fingerprint density at radius 2 is 1.80 bits per heavy atom. The molecule has 3 rings (SSSR count). The molecule has 1 aromatic carbocycles. The van der Waals surface area contributed by atoms with Gasteiger partial charge in [-0.1, -0.05) is 27.7 Å². The average Bonchev–Trinajstić information content (AvgIpc) is 3.37. The molecule has 0 spiro atoms. The minimum Gasteiger partial charge on any atom is -0.481 e. The van der Waals surface area contributed by atoms with Crippen molar-refractivity contribution in [1.29, 1.82) is 0 Å². The van der Waals surface area contributed by atoms with Gasteiger partial charge >= 0.3 is 11.9 Å². The fourth-order valence-corrected chi connectivity index (χ4v) is 5.34. The molecule has 2 heterocycles. The van der Waals surface area contributed by atoms with Gasteiger partial charge in [-0.15, -0.1) is 0 Å². The number of aryl methyl sites for hydroxylation is 2. The fraction of sp³-hybridized carbons (Fsp3) is 0.483. The predicted octanol–water partition coefficient (Wildman–Crippen LogP) is 3.64. The van der Waals surface area contributed by atoms with Gasteiger partial charge in [-0.25, -0.2) is 4.79 Å². The summed E-state index contributed by atoms with van der Waals surface area (Å²) in [4.78, 5) is 58.8. The quantitative estimate of drug-likeness (QED) is 0.294. The van der Waals surface area contributed by atoms with E-state index in [1.807, 2.05) is 20.8 Å². The second-order valence-electron chi connectivity index (χ2n) is 10.5. The molecule has 3 aromatic rings. The number of H-pyrrole nitrogens is 1. The first-order chi connectivity index (χ1) is 20.0. The number of fused-ring (bicyclic) bond motifs is 1. The number of nitrogens with one attached hydrogen (secondary N) is 2. The maximum atomic E-state index is 13.6. The Morgan fingerprint density at radius 1 is 1.23 bits per heavy atom.